The van der Waals surface area contributed by atoms with Crippen molar-refractivity contribution < 1.29 is 13.9 Å². The number of halogens is 2. The summed E-state index contributed by atoms with van der Waals surface area (Å²) in [6.45, 7) is 6.20. The molecule has 1 aromatic heterocycles. The molecule has 0 amide bonds. The summed E-state index contributed by atoms with van der Waals surface area (Å²) in [5, 5.41) is 9.58. The SMILES string of the molecule is C=CCn1c(SCc2cccc(OC)c2)nnc1C(C)Oc1ccc(F)cc1Cl. The number of methoxy groups -OCH3 is 1. The van der Waals surface area contributed by atoms with Crippen LogP contribution in [-0.4, -0.2) is 21.9 Å². The summed E-state index contributed by atoms with van der Waals surface area (Å²) in [6.07, 6.45) is 1.34. The fourth-order valence-electron chi connectivity index (χ4n) is 2.73. The Morgan fingerprint density at radius 2 is 2.10 bits per heavy atom. The molecule has 2 aromatic carbocycles. The molecule has 0 saturated carbocycles. The molecule has 5 nitrogen and oxygen atoms in total. The Balaban J connectivity index is 1.77. The van der Waals surface area contributed by atoms with Crippen LogP contribution < -0.4 is 9.47 Å². The van der Waals surface area contributed by atoms with Crippen molar-refractivity contribution in [1.29, 1.82) is 0 Å². The highest BCUT2D eigenvalue weighted by Crippen LogP contribution is 2.31. The van der Waals surface area contributed by atoms with E-state index in [1.807, 2.05) is 35.8 Å². The number of hydrogen-bond acceptors (Lipinski definition) is 5. The van der Waals surface area contributed by atoms with Crippen molar-refractivity contribution in [3.63, 3.8) is 0 Å². The highest BCUT2D eigenvalue weighted by atomic mass is 35.5. The number of hydrogen-bond donors (Lipinski definition) is 0. The van der Waals surface area contributed by atoms with Gasteiger partial charge >= 0.3 is 0 Å². The van der Waals surface area contributed by atoms with E-state index in [9.17, 15) is 4.39 Å². The Bertz CT molecular complexity index is 996. The number of allylic oxidation sites excluding steroid dienone is 1. The van der Waals surface area contributed by atoms with E-state index in [0.29, 0.717) is 23.9 Å². The average Bonchev–Trinajstić information content (AvgIpc) is 3.11. The fraction of sp³-hybridized carbons (Fsp3) is 0.238. The smallest absolute Gasteiger partial charge is 0.191 e. The third-order valence-corrected chi connectivity index (χ3v) is 5.45. The van der Waals surface area contributed by atoms with Crippen molar-refractivity contribution in [2.24, 2.45) is 0 Å². The van der Waals surface area contributed by atoms with Crippen LogP contribution in [0.2, 0.25) is 5.02 Å². The van der Waals surface area contributed by atoms with Crippen molar-refractivity contribution in [1.82, 2.24) is 14.8 Å². The molecule has 0 aliphatic carbocycles. The van der Waals surface area contributed by atoms with Gasteiger partial charge in [0.2, 0.25) is 0 Å². The zero-order chi connectivity index (χ0) is 20.8. The number of nitrogens with zero attached hydrogens (tertiary/aromatic N) is 3. The lowest BCUT2D eigenvalue weighted by atomic mass is 10.2. The third kappa shape index (κ3) is 5.31. The summed E-state index contributed by atoms with van der Waals surface area (Å²) in [5.74, 6) is 2.14. The van der Waals surface area contributed by atoms with Crippen LogP contribution in [0.5, 0.6) is 11.5 Å². The largest absolute Gasteiger partial charge is 0.497 e. The van der Waals surface area contributed by atoms with Crippen LogP contribution >= 0.6 is 23.4 Å². The molecule has 3 aromatic rings. The van der Waals surface area contributed by atoms with Crippen molar-refractivity contribution >= 4 is 23.4 Å². The first-order valence-corrected chi connectivity index (χ1v) is 10.3. The number of thioether (sulfide) groups is 1. The van der Waals surface area contributed by atoms with Gasteiger partial charge in [0.15, 0.2) is 17.1 Å². The first-order chi connectivity index (χ1) is 14.0. The van der Waals surface area contributed by atoms with Crippen LogP contribution in [-0.2, 0) is 12.3 Å². The maximum absolute atomic E-state index is 13.3. The molecular weight excluding hydrogens is 413 g/mol. The summed E-state index contributed by atoms with van der Waals surface area (Å²) in [4.78, 5) is 0. The number of ether oxygens (including phenoxy) is 2. The summed E-state index contributed by atoms with van der Waals surface area (Å²) in [6, 6.07) is 11.9. The lowest BCUT2D eigenvalue weighted by molar-refractivity contribution is 0.210. The van der Waals surface area contributed by atoms with Gasteiger partial charge in [0.05, 0.1) is 12.1 Å². The molecule has 0 aliphatic heterocycles. The van der Waals surface area contributed by atoms with Gasteiger partial charge in [-0.25, -0.2) is 4.39 Å². The Hall–Kier alpha value is -2.51. The summed E-state index contributed by atoms with van der Waals surface area (Å²) >= 11 is 7.63. The summed E-state index contributed by atoms with van der Waals surface area (Å²) in [7, 11) is 1.65. The Labute approximate surface area is 178 Å². The van der Waals surface area contributed by atoms with E-state index >= 15 is 0 Å². The van der Waals surface area contributed by atoms with Gasteiger partial charge in [-0.2, -0.15) is 0 Å². The second-order valence-corrected chi connectivity index (χ2v) is 7.56. The van der Waals surface area contributed by atoms with Crippen LogP contribution in [0.1, 0.15) is 24.4 Å². The second-order valence-electron chi connectivity index (χ2n) is 6.22. The van der Waals surface area contributed by atoms with E-state index < -0.39 is 11.9 Å². The van der Waals surface area contributed by atoms with Gasteiger partial charge in [0.25, 0.3) is 0 Å². The van der Waals surface area contributed by atoms with Crippen molar-refractivity contribution in [3.8, 4) is 11.5 Å². The van der Waals surface area contributed by atoms with Gasteiger partial charge in [-0.3, -0.25) is 4.57 Å². The standard InChI is InChI=1S/C21H21ClFN3O2S/c1-4-10-26-20(14(2)28-19-9-8-16(23)12-18(19)22)24-25-21(26)29-13-15-6-5-7-17(11-15)27-3/h4-9,11-12,14H,1,10,13H2,2-3H3. The lowest BCUT2D eigenvalue weighted by Crippen LogP contribution is -2.12. The predicted octanol–water partition coefficient (Wildman–Crippen LogP) is 5.70. The van der Waals surface area contributed by atoms with Crippen molar-refractivity contribution in [2.75, 3.05) is 7.11 Å². The van der Waals surface area contributed by atoms with E-state index in [2.05, 4.69) is 16.8 Å². The molecule has 0 spiro atoms. The molecule has 0 saturated heterocycles. The number of rotatable bonds is 9. The maximum atomic E-state index is 13.3. The minimum Gasteiger partial charge on any atom is -0.497 e. The normalized spacial score (nSPS) is 11.9. The second kappa shape index (κ2) is 9.80. The first-order valence-electron chi connectivity index (χ1n) is 8.93. The van der Waals surface area contributed by atoms with Gasteiger partial charge < -0.3 is 9.47 Å². The Morgan fingerprint density at radius 3 is 2.83 bits per heavy atom. The third-order valence-electron chi connectivity index (χ3n) is 4.12. The Morgan fingerprint density at radius 1 is 1.28 bits per heavy atom. The van der Waals surface area contributed by atoms with E-state index in [1.54, 1.807) is 24.9 Å². The van der Waals surface area contributed by atoms with Crippen molar-refractivity contribution in [3.05, 3.63) is 77.3 Å². The first kappa shape index (κ1) is 21.2. The van der Waals surface area contributed by atoms with Gasteiger partial charge in [-0.1, -0.05) is 41.6 Å². The highest BCUT2D eigenvalue weighted by molar-refractivity contribution is 7.98. The minimum atomic E-state index is -0.434. The topological polar surface area (TPSA) is 49.2 Å². The van der Waals surface area contributed by atoms with Gasteiger partial charge in [0.1, 0.15) is 17.3 Å². The molecular formula is C21H21ClFN3O2S. The molecule has 152 valence electrons. The van der Waals surface area contributed by atoms with Crippen LogP contribution in [0.25, 0.3) is 0 Å². The number of aromatic nitrogens is 3. The van der Waals surface area contributed by atoms with Crippen LogP contribution in [0, 0.1) is 5.82 Å². The zero-order valence-electron chi connectivity index (χ0n) is 16.1. The van der Waals surface area contributed by atoms with E-state index in [1.165, 1.54) is 18.2 Å². The zero-order valence-corrected chi connectivity index (χ0v) is 17.7. The molecule has 0 aliphatic rings. The van der Waals surface area contributed by atoms with Crippen LogP contribution in [0.15, 0.2) is 60.3 Å². The molecule has 1 unspecified atom stereocenters. The Kier molecular flexibility index (Phi) is 7.17. The molecule has 0 fully saturated rings. The molecule has 0 radical (unpaired) electrons. The average molecular weight is 434 g/mol. The van der Waals surface area contributed by atoms with Crippen LogP contribution in [0.3, 0.4) is 0 Å². The van der Waals surface area contributed by atoms with Gasteiger partial charge in [0, 0.05) is 12.3 Å². The summed E-state index contributed by atoms with van der Waals surface area (Å²) < 4.78 is 26.4. The van der Waals surface area contributed by atoms with E-state index in [4.69, 9.17) is 21.1 Å². The fourth-order valence-corrected chi connectivity index (χ4v) is 3.84. The molecule has 1 heterocycles. The van der Waals surface area contributed by atoms with E-state index in [0.717, 1.165) is 16.5 Å². The minimum absolute atomic E-state index is 0.208. The van der Waals surface area contributed by atoms with E-state index in [-0.39, 0.29) is 5.02 Å². The molecule has 3 rings (SSSR count). The van der Waals surface area contributed by atoms with Gasteiger partial charge in [-0.05, 0) is 42.8 Å². The molecule has 0 bridgehead atoms. The molecule has 1 atom stereocenters. The monoisotopic (exact) mass is 433 g/mol. The molecule has 0 N–H and O–H groups in total. The maximum Gasteiger partial charge on any atom is 0.191 e. The lowest BCUT2D eigenvalue weighted by Gasteiger charge is -2.16. The quantitative estimate of drug-likeness (QED) is 0.320. The highest BCUT2D eigenvalue weighted by Gasteiger charge is 2.20. The molecule has 29 heavy (non-hydrogen) atoms. The van der Waals surface area contributed by atoms with Crippen molar-refractivity contribution in [2.45, 2.75) is 30.5 Å². The van der Waals surface area contributed by atoms with Gasteiger partial charge in [-0.15, -0.1) is 16.8 Å². The van der Waals surface area contributed by atoms with Crippen LogP contribution in [0.4, 0.5) is 4.39 Å². The predicted molar refractivity (Wildman–Crippen MR) is 113 cm³/mol. The summed E-state index contributed by atoms with van der Waals surface area (Å²) in [5.41, 5.74) is 1.12. The number of benzene rings is 2. The molecule has 8 heteroatoms.